The molecule has 0 aliphatic heterocycles. The van der Waals surface area contributed by atoms with Gasteiger partial charge < -0.3 is 20.5 Å². The summed E-state index contributed by atoms with van der Waals surface area (Å²) in [5.41, 5.74) is 0.621. The molecule has 3 N–H and O–H groups in total. The van der Waals surface area contributed by atoms with E-state index in [1.807, 2.05) is 6.92 Å². The Kier molecular flexibility index (Phi) is 6.90. The number of amides is 2. The minimum atomic E-state index is -0.841. The highest BCUT2D eigenvalue weighted by Crippen LogP contribution is 2.33. The van der Waals surface area contributed by atoms with E-state index in [2.05, 4.69) is 20.9 Å². The van der Waals surface area contributed by atoms with Gasteiger partial charge in [0.05, 0.1) is 16.2 Å². The fourth-order valence-corrected chi connectivity index (χ4v) is 4.15. The van der Waals surface area contributed by atoms with Gasteiger partial charge in [0, 0.05) is 53.1 Å². The number of nitrogens with zero attached hydrogens (tertiary/aromatic N) is 2. The van der Waals surface area contributed by atoms with Crippen LogP contribution in [0.5, 0.6) is 0 Å². The van der Waals surface area contributed by atoms with E-state index in [1.165, 1.54) is 12.1 Å². The maximum Gasteiger partial charge on any atom is 0.323 e. The summed E-state index contributed by atoms with van der Waals surface area (Å²) in [7, 11) is 1.72. The van der Waals surface area contributed by atoms with Gasteiger partial charge in [-0.05, 0) is 43.3 Å². The van der Waals surface area contributed by atoms with Crippen LogP contribution in [0.15, 0.2) is 53.5 Å². The van der Waals surface area contributed by atoms with Gasteiger partial charge in [0.25, 0.3) is 5.56 Å². The van der Waals surface area contributed by atoms with E-state index in [1.54, 1.807) is 29.9 Å². The number of aromatic nitrogens is 2. The third-order valence-electron chi connectivity index (χ3n) is 5.27. The molecule has 0 spiro atoms. The van der Waals surface area contributed by atoms with Crippen molar-refractivity contribution in [1.82, 2.24) is 9.55 Å². The maximum atomic E-state index is 14.6. The van der Waals surface area contributed by atoms with Crippen LogP contribution in [0, 0.1) is 11.6 Å². The van der Waals surface area contributed by atoms with Crippen LogP contribution < -0.4 is 21.5 Å². The number of carbonyl (C=O) groups is 1. The molecule has 180 valence electrons. The zero-order chi connectivity index (χ0) is 25.3. The Bertz CT molecular complexity index is 1500. The first-order valence-electron chi connectivity index (χ1n) is 10.4. The topological polar surface area (TPSA) is 88.1 Å². The molecule has 0 atom stereocenters. The average Bonchev–Trinajstić information content (AvgIpc) is 2.79. The van der Waals surface area contributed by atoms with Gasteiger partial charge in [0.2, 0.25) is 0 Å². The number of nitrogens with one attached hydrogen (secondary N) is 3. The molecule has 2 amide bonds. The number of rotatable bonds is 5. The molecule has 2 aromatic heterocycles. The lowest BCUT2D eigenvalue weighted by Gasteiger charge is -2.15. The summed E-state index contributed by atoms with van der Waals surface area (Å²) in [6, 6.07) is 8.29. The molecule has 0 aliphatic rings. The lowest BCUT2D eigenvalue weighted by atomic mass is 10.0. The molecule has 35 heavy (non-hydrogen) atoms. The van der Waals surface area contributed by atoms with Crippen molar-refractivity contribution < 1.29 is 13.6 Å². The van der Waals surface area contributed by atoms with Crippen LogP contribution in [0.4, 0.5) is 30.8 Å². The van der Waals surface area contributed by atoms with E-state index in [0.717, 1.165) is 18.2 Å². The lowest BCUT2D eigenvalue weighted by molar-refractivity contribution is 0.262. The molecule has 11 heteroatoms. The van der Waals surface area contributed by atoms with Crippen LogP contribution >= 0.6 is 23.2 Å². The van der Waals surface area contributed by atoms with Crippen molar-refractivity contribution in [3.8, 4) is 11.1 Å². The second kappa shape index (κ2) is 9.89. The smallest absolute Gasteiger partial charge is 0.323 e. The number of anilines is 3. The predicted octanol–water partition coefficient (Wildman–Crippen LogP) is 6.35. The minimum Gasteiger partial charge on any atom is -0.373 e. The van der Waals surface area contributed by atoms with Gasteiger partial charge in [0.15, 0.2) is 0 Å². The molecular weight excluding hydrogens is 499 g/mol. The molecule has 4 aromatic rings. The Hall–Kier alpha value is -3.69. The van der Waals surface area contributed by atoms with Gasteiger partial charge in [-0.3, -0.25) is 4.79 Å². The number of benzene rings is 2. The SMILES string of the molecule is CCn1c(=O)c(-c2cc(NC(=O)Nc3cc(F)cc(Cl)c3)c(F)cc2Cl)cc2cnc(NC)cc21. The van der Waals surface area contributed by atoms with Crippen LogP contribution in [0.2, 0.25) is 10.0 Å². The molecule has 2 aromatic carbocycles. The summed E-state index contributed by atoms with van der Waals surface area (Å²) in [5, 5.41) is 8.43. The zero-order valence-corrected chi connectivity index (χ0v) is 20.1. The molecule has 0 bridgehead atoms. The highest BCUT2D eigenvalue weighted by Gasteiger charge is 2.18. The number of urea groups is 1. The summed E-state index contributed by atoms with van der Waals surface area (Å²) >= 11 is 12.1. The standard InChI is InChI=1S/C24H19Cl2F2N5O2/c1-3-33-21-10-22(29-2)30-11-12(21)4-17(23(33)34)16-8-20(19(28)9-18(16)26)32-24(35)31-15-6-13(25)5-14(27)7-15/h4-11H,3H2,1-2H3,(H,29,30)(H2,31,32,35). The Morgan fingerprint density at radius 3 is 2.49 bits per heavy atom. The number of hydrogen-bond acceptors (Lipinski definition) is 4. The number of hydrogen-bond donors (Lipinski definition) is 3. The van der Waals surface area contributed by atoms with E-state index in [9.17, 15) is 18.4 Å². The van der Waals surface area contributed by atoms with Gasteiger partial charge in [-0.2, -0.15) is 0 Å². The predicted molar refractivity (Wildman–Crippen MR) is 136 cm³/mol. The number of halogens is 4. The highest BCUT2D eigenvalue weighted by molar-refractivity contribution is 6.33. The third kappa shape index (κ3) is 5.06. The quantitative estimate of drug-likeness (QED) is 0.287. The molecule has 0 radical (unpaired) electrons. The van der Waals surface area contributed by atoms with Crippen molar-refractivity contribution in [2.75, 3.05) is 23.0 Å². The van der Waals surface area contributed by atoms with Crippen molar-refractivity contribution in [2.24, 2.45) is 0 Å². The Morgan fingerprint density at radius 1 is 1.03 bits per heavy atom. The third-order valence-corrected chi connectivity index (χ3v) is 5.80. The number of pyridine rings is 2. The van der Waals surface area contributed by atoms with E-state index in [0.29, 0.717) is 23.3 Å². The minimum absolute atomic E-state index is 0.00993. The molecule has 0 fully saturated rings. The normalized spacial score (nSPS) is 10.9. The van der Waals surface area contributed by atoms with Crippen LogP contribution in [0.25, 0.3) is 22.0 Å². The summed E-state index contributed by atoms with van der Waals surface area (Å²) in [6.07, 6.45) is 1.62. The van der Waals surface area contributed by atoms with Crippen LogP contribution in [-0.2, 0) is 6.54 Å². The summed E-state index contributed by atoms with van der Waals surface area (Å²) in [6.45, 7) is 2.20. The summed E-state index contributed by atoms with van der Waals surface area (Å²) < 4.78 is 29.7. The molecular formula is C24H19Cl2F2N5O2. The van der Waals surface area contributed by atoms with Crippen molar-refractivity contribution in [3.63, 3.8) is 0 Å². The lowest BCUT2D eigenvalue weighted by Crippen LogP contribution is -2.22. The molecule has 0 saturated heterocycles. The summed E-state index contributed by atoms with van der Waals surface area (Å²) in [4.78, 5) is 30.0. The largest absolute Gasteiger partial charge is 0.373 e. The van der Waals surface area contributed by atoms with Crippen LogP contribution in [-0.4, -0.2) is 22.6 Å². The number of carbonyl (C=O) groups excluding carboxylic acids is 1. The van der Waals surface area contributed by atoms with Crippen molar-refractivity contribution >= 4 is 57.3 Å². The fourth-order valence-electron chi connectivity index (χ4n) is 3.68. The monoisotopic (exact) mass is 517 g/mol. The molecule has 0 unspecified atom stereocenters. The first kappa shape index (κ1) is 24.4. The summed E-state index contributed by atoms with van der Waals surface area (Å²) in [5.74, 6) is -0.862. The van der Waals surface area contributed by atoms with Crippen LogP contribution in [0.1, 0.15) is 6.92 Å². The average molecular weight is 518 g/mol. The molecule has 7 nitrogen and oxygen atoms in total. The highest BCUT2D eigenvalue weighted by atomic mass is 35.5. The molecule has 0 saturated carbocycles. The first-order valence-corrected chi connectivity index (χ1v) is 11.2. The Labute approximate surface area is 208 Å². The van der Waals surface area contributed by atoms with Gasteiger partial charge >= 0.3 is 6.03 Å². The number of aryl methyl sites for hydroxylation is 1. The Balaban J connectivity index is 1.74. The fraction of sp³-hybridized carbons (Fsp3) is 0.125. The second-order valence-corrected chi connectivity index (χ2v) is 8.38. The molecule has 2 heterocycles. The van der Waals surface area contributed by atoms with Crippen LogP contribution in [0.3, 0.4) is 0 Å². The number of fused-ring (bicyclic) bond motifs is 1. The van der Waals surface area contributed by atoms with E-state index in [-0.39, 0.29) is 38.1 Å². The van der Waals surface area contributed by atoms with Gasteiger partial charge in [0.1, 0.15) is 17.5 Å². The Morgan fingerprint density at radius 2 is 1.80 bits per heavy atom. The molecule has 4 rings (SSSR count). The van der Waals surface area contributed by atoms with Gasteiger partial charge in [-0.1, -0.05) is 23.2 Å². The zero-order valence-electron chi connectivity index (χ0n) is 18.5. The van der Waals surface area contributed by atoms with Crippen molar-refractivity contribution in [2.45, 2.75) is 13.5 Å². The van der Waals surface area contributed by atoms with Gasteiger partial charge in [-0.25, -0.2) is 18.6 Å². The first-order chi connectivity index (χ1) is 16.7. The van der Waals surface area contributed by atoms with E-state index < -0.39 is 17.7 Å². The van der Waals surface area contributed by atoms with E-state index in [4.69, 9.17) is 23.2 Å². The molecule has 0 aliphatic carbocycles. The van der Waals surface area contributed by atoms with Crippen molar-refractivity contribution in [3.05, 3.63) is 80.7 Å². The maximum absolute atomic E-state index is 14.6. The van der Waals surface area contributed by atoms with Gasteiger partial charge in [-0.15, -0.1) is 0 Å². The van der Waals surface area contributed by atoms with Crippen molar-refractivity contribution in [1.29, 1.82) is 0 Å². The second-order valence-electron chi connectivity index (χ2n) is 7.53. The van der Waals surface area contributed by atoms with E-state index >= 15 is 0 Å².